The SMILES string of the molecule is CCCc1c(CC)sc(N)c1-c1nc2ccccc2n1C. The van der Waals surface area contributed by atoms with Crippen molar-refractivity contribution in [2.75, 3.05) is 5.73 Å². The summed E-state index contributed by atoms with van der Waals surface area (Å²) in [6.07, 6.45) is 3.23. The van der Waals surface area contributed by atoms with Gasteiger partial charge in [-0.2, -0.15) is 0 Å². The summed E-state index contributed by atoms with van der Waals surface area (Å²) in [5.41, 5.74) is 11.1. The van der Waals surface area contributed by atoms with E-state index in [0.29, 0.717) is 0 Å². The first-order valence-electron chi connectivity index (χ1n) is 7.49. The number of nitrogen functional groups attached to an aromatic ring is 1. The molecule has 3 nitrogen and oxygen atoms in total. The average molecular weight is 299 g/mol. The molecule has 3 aromatic rings. The highest BCUT2D eigenvalue weighted by Gasteiger charge is 2.20. The minimum Gasteiger partial charge on any atom is -0.390 e. The molecule has 4 heteroatoms. The summed E-state index contributed by atoms with van der Waals surface area (Å²) in [4.78, 5) is 6.22. The van der Waals surface area contributed by atoms with Crippen molar-refractivity contribution in [3.8, 4) is 11.4 Å². The topological polar surface area (TPSA) is 43.8 Å². The number of thiophene rings is 1. The van der Waals surface area contributed by atoms with Crippen LogP contribution in [0.5, 0.6) is 0 Å². The third-order valence-electron chi connectivity index (χ3n) is 3.95. The van der Waals surface area contributed by atoms with Crippen LogP contribution in [0.25, 0.3) is 22.4 Å². The first-order valence-corrected chi connectivity index (χ1v) is 8.30. The molecular weight excluding hydrogens is 278 g/mol. The molecule has 0 aliphatic heterocycles. The Balaban J connectivity index is 2.27. The van der Waals surface area contributed by atoms with Crippen LogP contribution in [0.1, 0.15) is 30.7 Å². The van der Waals surface area contributed by atoms with E-state index in [4.69, 9.17) is 10.7 Å². The number of hydrogen-bond donors (Lipinski definition) is 1. The van der Waals surface area contributed by atoms with Gasteiger partial charge in [-0.25, -0.2) is 4.98 Å². The van der Waals surface area contributed by atoms with Gasteiger partial charge in [0.15, 0.2) is 0 Å². The molecule has 2 N–H and O–H groups in total. The molecule has 21 heavy (non-hydrogen) atoms. The number of nitrogens with two attached hydrogens (primary N) is 1. The second-order valence-electron chi connectivity index (χ2n) is 5.33. The van der Waals surface area contributed by atoms with Gasteiger partial charge >= 0.3 is 0 Å². The largest absolute Gasteiger partial charge is 0.390 e. The third kappa shape index (κ3) is 2.23. The lowest BCUT2D eigenvalue weighted by Gasteiger charge is -2.07. The van der Waals surface area contributed by atoms with Crippen LogP contribution in [-0.4, -0.2) is 9.55 Å². The van der Waals surface area contributed by atoms with Gasteiger partial charge in [-0.3, -0.25) is 0 Å². The fraction of sp³-hybridized carbons (Fsp3) is 0.353. The van der Waals surface area contributed by atoms with E-state index < -0.39 is 0 Å². The molecule has 0 aliphatic carbocycles. The molecule has 0 saturated carbocycles. The standard InChI is InChI=1S/C17H21N3S/c1-4-8-11-14(5-2)21-16(18)15(11)17-19-12-9-6-7-10-13(12)20(17)3/h6-7,9-10H,4-5,8,18H2,1-3H3. The molecule has 110 valence electrons. The van der Waals surface area contributed by atoms with Gasteiger partial charge in [-0.15, -0.1) is 11.3 Å². The zero-order valence-corrected chi connectivity index (χ0v) is 13.6. The van der Waals surface area contributed by atoms with Crippen molar-refractivity contribution in [3.63, 3.8) is 0 Å². The Labute approximate surface area is 129 Å². The van der Waals surface area contributed by atoms with Crippen molar-refractivity contribution in [1.82, 2.24) is 9.55 Å². The fourth-order valence-electron chi connectivity index (χ4n) is 2.95. The molecule has 0 radical (unpaired) electrons. The lowest BCUT2D eigenvalue weighted by atomic mass is 10.0. The maximum Gasteiger partial charge on any atom is 0.144 e. The van der Waals surface area contributed by atoms with Crippen LogP contribution in [0.4, 0.5) is 5.00 Å². The average Bonchev–Trinajstić information content (AvgIpc) is 2.98. The van der Waals surface area contributed by atoms with E-state index >= 15 is 0 Å². The number of anilines is 1. The van der Waals surface area contributed by atoms with E-state index in [2.05, 4.69) is 43.7 Å². The summed E-state index contributed by atoms with van der Waals surface area (Å²) in [5.74, 6) is 0.994. The number of rotatable bonds is 4. The summed E-state index contributed by atoms with van der Waals surface area (Å²) in [7, 11) is 2.07. The van der Waals surface area contributed by atoms with E-state index in [1.54, 1.807) is 11.3 Å². The number of hydrogen-bond acceptors (Lipinski definition) is 3. The van der Waals surface area contributed by atoms with Gasteiger partial charge in [0.1, 0.15) is 5.82 Å². The maximum atomic E-state index is 6.34. The first kappa shape index (κ1) is 14.1. The van der Waals surface area contributed by atoms with Crippen molar-refractivity contribution < 1.29 is 0 Å². The Morgan fingerprint density at radius 1 is 1.24 bits per heavy atom. The molecule has 3 rings (SSSR count). The number of fused-ring (bicyclic) bond motifs is 1. The van der Waals surface area contributed by atoms with Crippen LogP contribution >= 0.6 is 11.3 Å². The van der Waals surface area contributed by atoms with Crippen LogP contribution in [0.2, 0.25) is 0 Å². The second kappa shape index (κ2) is 5.53. The molecule has 0 fully saturated rings. The summed E-state index contributed by atoms with van der Waals surface area (Å²) >= 11 is 1.72. The van der Waals surface area contributed by atoms with Gasteiger partial charge in [-0.05, 0) is 30.5 Å². The number of imidazole rings is 1. The smallest absolute Gasteiger partial charge is 0.144 e. The predicted octanol–water partition coefficient (Wildman–Crippen LogP) is 4.40. The lowest BCUT2D eigenvalue weighted by molar-refractivity contribution is 0.901. The van der Waals surface area contributed by atoms with Gasteiger partial charge in [0.25, 0.3) is 0 Å². The third-order valence-corrected chi connectivity index (χ3v) is 5.16. The van der Waals surface area contributed by atoms with Crippen molar-refractivity contribution >= 4 is 27.4 Å². The number of aromatic nitrogens is 2. The molecule has 0 aliphatic rings. The van der Waals surface area contributed by atoms with Crippen molar-refractivity contribution in [1.29, 1.82) is 0 Å². The normalized spacial score (nSPS) is 11.4. The zero-order valence-electron chi connectivity index (χ0n) is 12.8. The number of nitrogens with zero attached hydrogens (tertiary/aromatic N) is 2. The summed E-state index contributed by atoms with van der Waals surface area (Å²) < 4.78 is 2.16. The van der Waals surface area contributed by atoms with E-state index in [9.17, 15) is 0 Å². The van der Waals surface area contributed by atoms with Crippen LogP contribution < -0.4 is 5.73 Å². The fourth-order valence-corrected chi connectivity index (χ4v) is 4.00. The molecule has 0 spiro atoms. The van der Waals surface area contributed by atoms with E-state index in [1.165, 1.54) is 10.4 Å². The molecule has 0 atom stereocenters. The monoisotopic (exact) mass is 299 g/mol. The van der Waals surface area contributed by atoms with Gasteiger partial charge in [0.05, 0.1) is 21.6 Å². The first-order chi connectivity index (χ1) is 10.2. The lowest BCUT2D eigenvalue weighted by Crippen LogP contribution is -1.98. The second-order valence-corrected chi connectivity index (χ2v) is 6.47. The van der Waals surface area contributed by atoms with E-state index in [-0.39, 0.29) is 0 Å². The van der Waals surface area contributed by atoms with E-state index in [0.717, 1.165) is 46.7 Å². The summed E-state index contributed by atoms with van der Waals surface area (Å²) in [5, 5.41) is 0.897. The molecule has 2 aromatic heterocycles. The van der Waals surface area contributed by atoms with Gasteiger partial charge in [0, 0.05) is 11.9 Å². The van der Waals surface area contributed by atoms with Gasteiger partial charge < -0.3 is 10.3 Å². The summed E-state index contributed by atoms with van der Waals surface area (Å²) in [6, 6.07) is 8.24. The zero-order chi connectivity index (χ0) is 15.0. The quantitative estimate of drug-likeness (QED) is 0.776. The number of aryl methyl sites for hydroxylation is 2. The van der Waals surface area contributed by atoms with Gasteiger partial charge in [-0.1, -0.05) is 32.4 Å². The number of para-hydroxylation sites is 2. The van der Waals surface area contributed by atoms with Crippen LogP contribution in [0.15, 0.2) is 24.3 Å². The van der Waals surface area contributed by atoms with Crippen LogP contribution in [0, 0.1) is 0 Å². The Bertz CT molecular complexity index is 783. The minimum absolute atomic E-state index is 0.897. The Hall–Kier alpha value is -1.81. The molecule has 1 aromatic carbocycles. The maximum absolute atomic E-state index is 6.34. The van der Waals surface area contributed by atoms with Crippen LogP contribution in [0.3, 0.4) is 0 Å². The molecule has 0 saturated heterocycles. The van der Waals surface area contributed by atoms with Crippen LogP contribution in [-0.2, 0) is 19.9 Å². The molecule has 0 bridgehead atoms. The van der Waals surface area contributed by atoms with Crippen molar-refractivity contribution in [2.24, 2.45) is 7.05 Å². The highest BCUT2D eigenvalue weighted by molar-refractivity contribution is 7.16. The highest BCUT2D eigenvalue weighted by atomic mass is 32.1. The minimum atomic E-state index is 0.897. The van der Waals surface area contributed by atoms with Gasteiger partial charge in [0.2, 0.25) is 0 Å². The molecular formula is C17H21N3S. The Kier molecular flexibility index (Phi) is 3.72. The van der Waals surface area contributed by atoms with Crippen molar-refractivity contribution in [3.05, 3.63) is 34.7 Å². The highest BCUT2D eigenvalue weighted by Crippen LogP contribution is 2.40. The van der Waals surface area contributed by atoms with Crippen molar-refractivity contribution in [2.45, 2.75) is 33.1 Å². The molecule has 2 heterocycles. The Morgan fingerprint density at radius 2 is 2.00 bits per heavy atom. The van der Waals surface area contributed by atoms with E-state index in [1.807, 2.05) is 6.07 Å². The predicted molar refractivity (Wildman–Crippen MR) is 91.8 cm³/mol. The molecule has 0 amide bonds. The molecule has 0 unspecified atom stereocenters. The Morgan fingerprint density at radius 3 is 2.67 bits per heavy atom. The number of benzene rings is 1. The summed E-state index contributed by atoms with van der Waals surface area (Å²) in [6.45, 7) is 4.41.